The molecule has 0 amide bonds. The van der Waals surface area contributed by atoms with Crippen LogP contribution in [0.5, 0.6) is 0 Å². The van der Waals surface area contributed by atoms with Gasteiger partial charge in [-0.3, -0.25) is 0 Å². The standard InChI is InChI=1S/2C5H10O2/c2*1-2-3-5(7)4-6/h2*3,6-7H,2,4H2,1H3. The highest BCUT2D eigenvalue weighted by atomic mass is 16.3. The van der Waals surface area contributed by atoms with Crippen LogP contribution in [-0.2, 0) is 0 Å². The molecular weight excluding hydrogens is 184 g/mol. The van der Waals surface area contributed by atoms with E-state index in [9.17, 15) is 0 Å². The zero-order valence-electron chi connectivity index (χ0n) is 8.77. The van der Waals surface area contributed by atoms with Crippen molar-refractivity contribution in [2.24, 2.45) is 0 Å². The summed E-state index contributed by atoms with van der Waals surface area (Å²) in [6, 6.07) is 0. The van der Waals surface area contributed by atoms with Crippen molar-refractivity contribution in [2.45, 2.75) is 26.7 Å². The third-order valence-corrected chi connectivity index (χ3v) is 1.20. The molecule has 0 unspecified atom stereocenters. The average molecular weight is 204 g/mol. The van der Waals surface area contributed by atoms with Crippen molar-refractivity contribution < 1.29 is 20.4 Å². The number of allylic oxidation sites excluding steroid dienone is 2. The summed E-state index contributed by atoms with van der Waals surface area (Å²) in [4.78, 5) is 0. The largest absolute Gasteiger partial charge is 0.510 e. The SMILES string of the molecule is CCC=C(O)CO.CCC=C(O)CO. The maximum absolute atomic E-state index is 8.47. The van der Waals surface area contributed by atoms with Gasteiger partial charge in [-0.2, -0.15) is 0 Å². The molecule has 0 atom stereocenters. The first-order chi connectivity index (χ1) is 6.62. The highest BCUT2D eigenvalue weighted by Gasteiger charge is 1.82. The van der Waals surface area contributed by atoms with E-state index < -0.39 is 0 Å². The molecule has 14 heavy (non-hydrogen) atoms. The first-order valence-corrected chi connectivity index (χ1v) is 4.59. The number of hydrogen-bond donors (Lipinski definition) is 4. The van der Waals surface area contributed by atoms with Gasteiger partial charge in [0.25, 0.3) is 0 Å². The molecule has 0 rings (SSSR count). The van der Waals surface area contributed by atoms with Crippen molar-refractivity contribution in [1.82, 2.24) is 0 Å². The van der Waals surface area contributed by atoms with Gasteiger partial charge >= 0.3 is 0 Å². The Hall–Kier alpha value is -1.00. The lowest BCUT2D eigenvalue weighted by Crippen LogP contribution is -1.85. The van der Waals surface area contributed by atoms with Gasteiger partial charge in [-0.05, 0) is 25.0 Å². The molecule has 0 saturated heterocycles. The summed E-state index contributed by atoms with van der Waals surface area (Å²) < 4.78 is 0. The van der Waals surface area contributed by atoms with E-state index in [0.29, 0.717) is 0 Å². The van der Waals surface area contributed by atoms with Crippen molar-refractivity contribution in [3.63, 3.8) is 0 Å². The molecule has 0 aliphatic carbocycles. The highest BCUT2D eigenvalue weighted by Crippen LogP contribution is 1.87. The van der Waals surface area contributed by atoms with Gasteiger partial charge in [0, 0.05) is 0 Å². The van der Waals surface area contributed by atoms with E-state index in [1.54, 1.807) is 12.2 Å². The Bertz CT molecular complexity index is 153. The lowest BCUT2D eigenvalue weighted by atomic mass is 10.4. The summed E-state index contributed by atoms with van der Waals surface area (Å²) in [5.41, 5.74) is 0. The Kier molecular flexibility index (Phi) is 13.3. The smallest absolute Gasteiger partial charge is 0.114 e. The van der Waals surface area contributed by atoms with Crippen LogP contribution in [-0.4, -0.2) is 33.6 Å². The normalized spacial score (nSPS) is 12.0. The van der Waals surface area contributed by atoms with E-state index >= 15 is 0 Å². The second-order valence-corrected chi connectivity index (χ2v) is 2.52. The van der Waals surface area contributed by atoms with Crippen LogP contribution in [0.3, 0.4) is 0 Å². The molecular formula is C10H20O4. The van der Waals surface area contributed by atoms with Crippen LogP contribution in [0.1, 0.15) is 26.7 Å². The van der Waals surface area contributed by atoms with Gasteiger partial charge in [-0.1, -0.05) is 13.8 Å². The van der Waals surface area contributed by atoms with Gasteiger partial charge in [0.2, 0.25) is 0 Å². The predicted molar refractivity (Wildman–Crippen MR) is 56.2 cm³/mol. The molecule has 0 heterocycles. The van der Waals surface area contributed by atoms with Crippen LogP contribution >= 0.6 is 0 Å². The number of aliphatic hydroxyl groups is 4. The van der Waals surface area contributed by atoms with E-state index in [4.69, 9.17) is 20.4 Å². The average Bonchev–Trinajstić information content (AvgIpc) is 2.19. The Balaban J connectivity index is 0. The van der Waals surface area contributed by atoms with E-state index in [1.807, 2.05) is 13.8 Å². The molecule has 0 aromatic rings. The minimum atomic E-state index is -0.242. The summed E-state index contributed by atoms with van der Waals surface area (Å²) in [5, 5.41) is 33.2. The molecule has 4 nitrogen and oxygen atoms in total. The minimum absolute atomic E-state index is 0.0579. The van der Waals surface area contributed by atoms with Gasteiger partial charge in [-0.15, -0.1) is 0 Å². The summed E-state index contributed by atoms with van der Waals surface area (Å²) >= 11 is 0. The van der Waals surface area contributed by atoms with Crippen molar-refractivity contribution >= 4 is 0 Å². The molecule has 0 spiro atoms. The molecule has 4 heteroatoms. The number of aliphatic hydroxyl groups excluding tert-OH is 4. The Morgan fingerprint density at radius 2 is 1.14 bits per heavy atom. The fourth-order valence-electron chi connectivity index (χ4n) is 0.600. The van der Waals surface area contributed by atoms with Crippen molar-refractivity contribution in [1.29, 1.82) is 0 Å². The number of rotatable bonds is 4. The van der Waals surface area contributed by atoms with Crippen molar-refractivity contribution in [3.05, 3.63) is 23.7 Å². The Morgan fingerprint density at radius 3 is 1.21 bits per heavy atom. The topological polar surface area (TPSA) is 80.9 Å². The first-order valence-electron chi connectivity index (χ1n) is 4.59. The summed E-state index contributed by atoms with van der Waals surface area (Å²) in [6.45, 7) is 3.30. The van der Waals surface area contributed by atoms with Crippen LogP contribution in [0, 0.1) is 0 Å². The molecule has 0 fully saturated rings. The quantitative estimate of drug-likeness (QED) is 0.525. The molecule has 0 radical (unpaired) electrons. The zero-order chi connectivity index (χ0) is 11.4. The molecule has 0 bridgehead atoms. The van der Waals surface area contributed by atoms with Crippen LogP contribution in [0.25, 0.3) is 0 Å². The summed E-state index contributed by atoms with van der Waals surface area (Å²) in [7, 11) is 0. The summed E-state index contributed by atoms with van der Waals surface area (Å²) in [5.74, 6) is 0.116. The fraction of sp³-hybridized carbons (Fsp3) is 0.600. The highest BCUT2D eigenvalue weighted by molar-refractivity contribution is 4.89. The molecule has 0 aromatic carbocycles. The second kappa shape index (κ2) is 12.0. The van der Waals surface area contributed by atoms with Crippen molar-refractivity contribution in [3.8, 4) is 0 Å². The zero-order valence-corrected chi connectivity index (χ0v) is 8.77. The van der Waals surface area contributed by atoms with Crippen molar-refractivity contribution in [2.75, 3.05) is 13.2 Å². The minimum Gasteiger partial charge on any atom is -0.510 e. The molecule has 84 valence electrons. The predicted octanol–water partition coefficient (Wildman–Crippen LogP) is 1.66. The van der Waals surface area contributed by atoms with Gasteiger partial charge in [0.05, 0.1) is 13.2 Å². The molecule has 4 N–H and O–H groups in total. The monoisotopic (exact) mass is 204 g/mol. The lowest BCUT2D eigenvalue weighted by Gasteiger charge is -1.87. The number of hydrogen-bond acceptors (Lipinski definition) is 4. The lowest BCUT2D eigenvalue weighted by molar-refractivity contribution is 0.252. The summed E-state index contributed by atoms with van der Waals surface area (Å²) in [6.07, 6.45) is 4.68. The van der Waals surface area contributed by atoms with Crippen LogP contribution in [0.2, 0.25) is 0 Å². The Morgan fingerprint density at radius 1 is 0.857 bits per heavy atom. The van der Waals surface area contributed by atoms with Crippen LogP contribution in [0.4, 0.5) is 0 Å². The van der Waals surface area contributed by atoms with Crippen LogP contribution in [0.15, 0.2) is 23.7 Å². The molecule has 0 aromatic heterocycles. The Labute approximate surface area is 84.8 Å². The third kappa shape index (κ3) is 13.6. The van der Waals surface area contributed by atoms with Crippen LogP contribution < -0.4 is 0 Å². The molecule has 0 saturated carbocycles. The van der Waals surface area contributed by atoms with E-state index in [2.05, 4.69) is 0 Å². The van der Waals surface area contributed by atoms with E-state index in [0.717, 1.165) is 12.8 Å². The third-order valence-electron chi connectivity index (χ3n) is 1.20. The van der Waals surface area contributed by atoms with E-state index in [1.165, 1.54) is 0 Å². The molecule has 0 aliphatic rings. The van der Waals surface area contributed by atoms with Gasteiger partial charge < -0.3 is 20.4 Å². The van der Waals surface area contributed by atoms with E-state index in [-0.39, 0.29) is 24.7 Å². The van der Waals surface area contributed by atoms with Gasteiger partial charge in [0.15, 0.2) is 0 Å². The maximum atomic E-state index is 8.47. The fourth-order valence-corrected chi connectivity index (χ4v) is 0.600. The van der Waals surface area contributed by atoms with Gasteiger partial charge in [-0.25, -0.2) is 0 Å². The molecule has 0 aliphatic heterocycles. The maximum Gasteiger partial charge on any atom is 0.114 e. The second-order valence-electron chi connectivity index (χ2n) is 2.52. The first kappa shape index (κ1) is 15.5. The van der Waals surface area contributed by atoms with Gasteiger partial charge in [0.1, 0.15) is 11.5 Å².